The molecule has 3 aromatic rings. The molecule has 1 aliphatic heterocycles. The van der Waals surface area contributed by atoms with Crippen LogP contribution < -0.4 is 4.74 Å². The number of hydrogen-bond donors (Lipinski definition) is 1. The van der Waals surface area contributed by atoms with Gasteiger partial charge in [-0.15, -0.1) is 0 Å². The molecular weight excluding hydrogens is 462 g/mol. The van der Waals surface area contributed by atoms with E-state index in [0.717, 1.165) is 15.6 Å². The maximum Gasteiger partial charge on any atom is 0.296 e. The zero-order valence-electron chi connectivity index (χ0n) is 17.0. The van der Waals surface area contributed by atoms with Crippen LogP contribution in [0.15, 0.2) is 75.3 Å². The number of rotatable bonds is 5. The van der Waals surface area contributed by atoms with Crippen molar-refractivity contribution in [2.45, 2.75) is 19.5 Å². The van der Waals surface area contributed by atoms with Gasteiger partial charge in [-0.05, 0) is 54.4 Å². The first kappa shape index (κ1) is 20.9. The van der Waals surface area contributed by atoms with Gasteiger partial charge in [0, 0.05) is 16.6 Å². The van der Waals surface area contributed by atoms with Crippen molar-refractivity contribution in [3.05, 3.63) is 93.4 Å². The second-order valence-corrected chi connectivity index (χ2v) is 8.11. The number of carbonyl (C=O) groups is 2. The van der Waals surface area contributed by atoms with Crippen molar-refractivity contribution >= 4 is 33.4 Å². The molecular formula is C24H20BrNO5. The lowest BCUT2D eigenvalue weighted by Crippen LogP contribution is -2.29. The molecule has 7 heteroatoms. The van der Waals surface area contributed by atoms with Crippen molar-refractivity contribution in [1.29, 1.82) is 0 Å². The van der Waals surface area contributed by atoms with Crippen molar-refractivity contribution in [3.63, 3.8) is 0 Å². The predicted octanol–water partition coefficient (Wildman–Crippen LogP) is 4.98. The highest BCUT2D eigenvalue weighted by Crippen LogP contribution is 2.40. The van der Waals surface area contributed by atoms with Crippen LogP contribution in [-0.2, 0) is 16.1 Å². The van der Waals surface area contributed by atoms with Gasteiger partial charge in [0.1, 0.15) is 23.3 Å². The Morgan fingerprint density at radius 1 is 1.16 bits per heavy atom. The van der Waals surface area contributed by atoms with Crippen LogP contribution in [0.25, 0.3) is 5.76 Å². The van der Waals surface area contributed by atoms with Gasteiger partial charge in [0.05, 0.1) is 18.9 Å². The van der Waals surface area contributed by atoms with E-state index in [1.165, 1.54) is 11.2 Å². The molecule has 0 radical (unpaired) electrons. The number of methoxy groups -OCH3 is 1. The van der Waals surface area contributed by atoms with Gasteiger partial charge in [-0.2, -0.15) is 0 Å². The molecule has 158 valence electrons. The zero-order chi connectivity index (χ0) is 22.1. The van der Waals surface area contributed by atoms with Crippen LogP contribution in [0.4, 0.5) is 0 Å². The highest BCUT2D eigenvalue weighted by atomic mass is 79.9. The number of aliphatic hydroxyl groups is 1. The molecule has 1 N–H and O–H groups in total. The average Bonchev–Trinajstić information content (AvgIpc) is 3.38. The number of ketones is 1. The van der Waals surface area contributed by atoms with Gasteiger partial charge < -0.3 is 19.2 Å². The lowest BCUT2D eigenvalue weighted by molar-refractivity contribution is -0.140. The second kappa shape index (κ2) is 8.43. The van der Waals surface area contributed by atoms with Crippen molar-refractivity contribution in [1.82, 2.24) is 4.90 Å². The van der Waals surface area contributed by atoms with E-state index in [4.69, 9.17) is 9.15 Å². The first-order valence-corrected chi connectivity index (χ1v) is 10.4. The molecule has 4 rings (SSSR count). The Morgan fingerprint density at radius 2 is 1.97 bits per heavy atom. The van der Waals surface area contributed by atoms with Gasteiger partial charge in [0.15, 0.2) is 0 Å². The molecule has 31 heavy (non-hydrogen) atoms. The molecule has 0 saturated carbocycles. The number of halogens is 1. The second-order valence-electron chi connectivity index (χ2n) is 7.26. The number of Topliss-reactive ketones (excluding diaryl/α,β-unsaturated/α-hetero) is 1. The number of carbonyl (C=O) groups excluding carboxylic acids is 2. The van der Waals surface area contributed by atoms with E-state index in [1.54, 1.807) is 49.6 Å². The number of aryl methyl sites for hydroxylation is 1. The highest BCUT2D eigenvalue weighted by Gasteiger charge is 2.47. The standard InChI is InChI=1S/C24H20BrNO5/c1-14-11-16(8-9-18(14)25)22(27)20-21(19-7-4-10-31-19)26(24(29)23(20)28)13-15-5-3-6-17(12-15)30-2/h3-12,21,27H,13H2,1-2H3/b22-20-. The maximum atomic E-state index is 13.0. The van der Waals surface area contributed by atoms with E-state index < -0.39 is 17.7 Å². The molecule has 1 aliphatic rings. The van der Waals surface area contributed by atoms with Gasteiger partial charge in [0.2, 0.25) is 0 Å². The molecule has 1 unspecified atom stereocenters. The van der Waals surface area contributed by atoms with E-state index in [2.05, 4.69) is 15.9 Å². The minimum absolute atomic E-state index is 0.00423. The van der Waals surface area contributed by atoms with E-state index in [-0.39, 0.29) is 17.9 Å². The number of likely N-dealkylation sites (tertiary alicyclic amines) is 1. The third-order valence-corrected chi connectivity index (χ3v) is 6.16. The first-order chi connectivity index (χ1) is 14.9. The Morgan fingerprint density at radius 3 is 2.65 bits per heavy atom. The molecule has 0 bridgehead atoms. The van der Waals surface area contributed by atoms with Gasteiger partial charge in [-0.1, -0.05) is 34.1 Å². The summed E-state index contributed by atoms with van der Waals surface area (Å²) in [6, 6.07) is 15.0. The number of ether oxygens (including phenoxy) is 1. The van der Waals surface area contributed by atoms with E-state index in [1.807, 2.05) is 19.1 Å². The number of amides is 1. The average molecular weight is 482 g/mol. The Hall–Kier alpha value is -3.32. The topological polar surface area (TPSA) is 80.0 Å². The Balaban J connectivity index is 1.82. The molecule has 0 aliphatic carbocycles. The number of aliphatic hydroxyl groups excluding tert-OH is 1. The van der Waals surface area contributed by atoms with Crippen LogP contribution in [0.3, 0.4) is 0 Å². The van der Waals surface area contributed by atoms with E-state index in [9.17, 15) is 14.7 Å². The quantitative estimate of drug-likeness (QED) is 0.315. The van der Waals surface area contributed by atoms with E-state index >= 15 is 0 Å². The summed E-state index contributed by atoms with van der Waals surface area (Å²) in [4.78, 5) is 27.4. The van der Waals surface area contributed by atoms with Crippen LogP contribution in [0.5, 0.6) is 5.75 Å². The summed E-state index contributed by atoms with van der Waals surface area (Å²) in [5.74, 6) is -0.628. The van der Waals surface area contributed by atoms with Gasteiger partial charge in [0.25, 0.3) is 11.7 Å². The van der Waals surface area contributed by atoms with Crippen molar-refractivity contribution in [2.24, 2.45) is 0 Å². The fourth-order valence-electron chi connectivity index (χ4n) is 3.70. The summed E-state index contributed by atoms with van der Waals surface area (Å²) in [5, 5.41) is 11.1. The molecule has 1 fully saturated rings. The normalized spacial score (nSPS) is 17.9. The Bertz CT molecular complexity index is 1180. The minimum atomic E-state index is -0.842. The van der Waals surface area contributed by atoms with Crippen LogP contribution in [-0.4, -0.2) is 28.8 Å². The summed E-state index contributed by atoms with van der Waals surface area (Å²) in [6.45, 7) is 2.04. The minimum Gasteiger partial charge on any atom is -0.507 e. The molecule has 0 spiro atoms. The number of benzene rings is 2. The third kappa shape index (κ3) is 3.88. The summed E-state index contributed by atoms with van der Waals surface area (Å²) in [7, 11) is 1.56. The lowest BCUT2D eigenvalue weighted by atomic mass is 9.98. The Labute approximate surface area is 187 Å². The van der Waals surface area contributed by atoms with Crippen LogP contribution >= 0.6 is 15.9 Å². The molecule has 2 heterocycles. The Kier molecular flexibility index (Phi) is 5.69. The summed E-state index contributed by atoms with van der Waals surface area (Å²) in [5.41, 5.74) is 2.14. The predicted molar refractivity (Wildman–Crippen MR) is 118 cm³/mol. The van der Waals surface area contributed by atoms with Crippen molar-refractivity contribution in [2.75, 3.05) is 7.11 Å². The van der Waals surface area contributed by atoms with Gasteiger partial charge in [-0.25, -0.2) is 0 Å². The smallest absolute Gasteiger partial charge is 0.296 e. The molecule has 2 aromatic carbocycles. The van der Waals surface area contributed by atoms with Crippen molar-refractivity contribution < 1.29 is 23.8 Å². The molecule has 1 atom stereocenters. The SMILES string of the molecule is COc1cccc(CN2C(=O)C(=O)/C(=C(\O)c3ccc(Br)c(C)c3)C2c2ccco2)c1. The van der Waals surface area contributed by atoms with Gasteiger partial charge in [-0.3, -0.25) is 9.59 Å². The van der Waals surface area contributed by atoms with Crippen LogP contribution in [0, 0.1) is 6.92 Å². The summed E-state index contributed by atoms with van der Waals surface area (Å²) >= 11 is 3.43. The number of nitrogens with zero attached hydrogens (tertiary/aromatic N) is 1. The monoisotopic (exact) mass is 481 g/mol. The number of furan rings is 1. The van der Waals surface area contributed by atoms with Crippen LogP contribution in [0.2, 0.25) is 0 Å². The summed E-state index contributed by atoms with van der Waals surface area (Å²) < 4.78 is 11.7. The maximum absolute atomic E-state index is 13.0. The zero-order valence-corrected chi connectivity index (χ0v) is 18.5. The fourth-order valence-corrected chi connectivity index (χ4v) is 3.95. The molecule has 1 amide bonds. The lowest BCUT2D eigenvalue weighted by Gasteiger charge is -2.23. The molecule has 1 aromatic heterocycles. The molecule has 6 nitrogen and oxygen atoms in total. The third-order valence-electron chi connectivity index (χ3n) is 5.27. The van der Waals surface area contributed by atoms with Gasteiger partial charge >= 0.3 is 0 Å². The largest absolute Gasteiger partial charge is 0.507 e. The summed E-state index contributed by atoms with van der Waals surface area (Å²) in [6.07, 6.45) is 1.48. The van der Waals surface area contributed by atoms with Crippen molar-refractivity contribution in [3.8, 4) is 5.75 Å². The fraction of sp³-hybridized carbons (Fsp3) is 0.167. The molecule has 1 saturated heterocycles. The number of hydrogen-bond acceptors (Lipinski definition) is 5. The first-order valence-electron chi connectivity index (χ1n) is 9.62. The van der Waals surface area contributed by atoms with Crippen LogP contribution in [0.1, 0.15) is 28.5 Å². The van der Waals surface area contributed by atoms with E-state index in [0.29, 0.717) is 17.1 Å². The highest BCUT2D eigenvalue weighted by molar-refractivity contribution is 9.10.